The third-order valence-corrected chi connectivity index (χ3v) is 2.02. The molecule has 1 unspecified atom stereocenters. The first kappa shape index (κ1) is 14.4. The minimum atomic E-state index is -0.561. The number of hydrogen-bond donors (Lipinski definition) is 2. The molecule has 1 aromatic heterocycles. The number of carbonyl (C=O) groups is 1. The molecule has 0 aliphatic rings. The number of nitrogens with two attached hydrogens (primary N) is 1. The second-order valence-corrected chi connectivity index (χ2v) is 4.93. The quantitative estimate of drug-likeness (QED) is 0.862. The van der Waals surface area contributed by atoms with Gasteiger partial charge in [0.1, 0.15) is 11.4 Å². The molecule has 18 heavy (non-hydrogen) atoms. The lowest BCUT2D eigenvalue weighted by Gasteiger charge is -2.20. The predicted octanol–water partition coefficient (Wildman–Crippen LogP) is 1.75. The lowest BCUT2D eigenvalue weighted by molar-refractivity contribution is 0.0524. The zero-order valence-corrected chi connectivity index (χ0v) is 10.7. The molecule has 0 aromatic carbocycles. The monoisotopic (exact) mass is 255 g/mol. The maximum atomic E-state index is 12.9. The minimum Gasteiger partial charge on any atom is -0.444 e. The molecular weight excluding hydrogens is 237 g/mol. The Bertz CT molecular complexity index is 418. The van der Waals surface area contributed by atoms with E-state index in [-0.39, 0.29) is 6.54 Å². The van der Waals surface area contributed by atoms with Crippen LogP contribution in [0.25, 0.3) is 0 Å². The molecule has 0 aliphatic heterocycles. The number of nitrogens with zero attached hydrogens (tertiary/aromatic N) is 1. The molecule has 0 radical (unpaired) electrons. The summed E-state index contributed by atoms with van der Waals surface area (Å²) in [7, 11) is 0. The van der Waals surface area contributed by atoms with Gasteiger partial charge in [0.05, 0.1) is 6.20 Å². The van der Waals surface area contributed by atoms with Crippen LogP contribution < -0.4 is 11.1 Å². The van der Waals surface area contributed by atoms with Crippen molar-refractivity contribution in [2.45, 2.75) is 32.4 Å². The van der Waals surface area contributed by atoms with Crippen LogP contribution in [0.2, 0.25) is 0 Å². The van der Waals surface area contributed by atoms with E-state index in [1.807, 2.05) is 0 Å². The van der Waals surface area contributed by atoms with Crippen molar-refractivity contribution in [2.24, 2.45) is 5.73 Å². The number of nitrogens with one attached hydrogen (secondary N) is 1. The number of aromatic nitrogens is 1. The molecule has 100 valence electrons. The highest BCUT2D eigenvalue weighted by atomic mass is 19.1. The van der Waals surface area contributed by atoms with Crippen LogP contribution in [-0.2, 0) is 4.74 Å². The van der Waals surface area contributed by atoms with Gasteiger partial charge in [-0.1, -0.05) is 0 Å². The molecule has 0 aliphatic carbocycles. The Balaban J connectivity index is 2.46. The largest absolute Gasteiger partial charge is 0.444 e. The zero-order valence-electron chi connectivity index (χ0n) is 10.7. The van der Waals surface area contributed by atoms with E-state index in [0.717, 1.165) is 6.20 Å². The molecular formula is C12H18FN3O2. The van der Waals surface area contributed by atoms with Crippen LogP contribution in [0.1, 0.15) is 32.4 Å². The van der Waals surface area contributed by atoms with E-state index in [9.17, 15) is 9.18 Å². The highest BCUT2D eigenvalue weighted by Crippen LogP contribution is 2.10. The topological polar surface area (TPSA) is 77.2 Å². The summed E-state index contributed by atoms with van der Waals surface area (Å²) < 4.78 is 18.0. The standard InChI is InChI=1S/C12H18FN3O2/c1-12(2,3)18-11(17)16-7-10(14)8-4-9(13)6-15-5-8/h4-6,10H,7,14H2,1-3H3,(H,16,17). The summed E-state index contributed by atoms with van der Waals surface area (Å²) in [4.78, 5) is 15.1. The fourth-order valence-corrected chi connectivity index (χ4v) is 1.26. The number of halogens is 1. The van der Waals surface area contributed by atoms with E-state index in [4.69, 9.17) is 10.5 Å². The van der Waals surface area contributed by atoms with Gasteiger partial charge in [-0.05, 0) is 32.4 Å². The van der Waals surface area contributed by atoms with Crippen molar-refractivity contribution in [2.75, 3.05) is 6.54 Å². The van der Waals surface area contributed by atoms with Gasteiger partial charge < -0.3 is 15.8 Å². The molecule has 1 heterocycles. The maximum absolute atomic E-state index is 12.9. The molecule has 1 atom stereocenters. The number of rotatable bonds is 3. The zero-order chi connectivity index (χ0) is 13.8. The molecule has 3 N–H and O–H groups in total. The van der Waals surface area contributed by atoms with Crippen LogP contribution in [0.15, 0.2) is 18.5 Å². The molecule has 0 saturated heterocycles. The Morgan fingerprint density at radius 2 is 2.22 bits per heavy atom. The lowest BCUT2D eigenvalue weighted by Crippen LogP contribution is -2.36. The third kappa shape index (κ3) is 5.09. The normalized spacial score (nSPS) is 12.9. The molecule has 1 rings (SSSR count). The van der Waals surface area contributed by atoms with Crippen LogP contribution in [0.3, 0.4) is 0 Å². The van der Waals surface area contributed by atoms with Gasteiger partial charge >= 0.3 is 6.09 Å². The molecule has 6 heteroatoms. The molecule has 1 amide bonds. The van der Waals surface area contributed by atoms with Crippen molar-refractivity contribution in [3.05, 3.63) is 29.8 Å². The van der Waals surface area contributed by atoms with Crippen molar-refractivity contribution in [1.29, 1.82) is 0 Å². The first-order valence-corrected chi connectivity index (χ1v) is 5.61. The van der Waals surface area contributed by atoms with Gasteiger partial charge in [-0.15, -0.1) is 0 Å². The van der Waals surface area contributed by atoms with Gasteiger partial charge in [0.15, 0.2) is 0 Å². The number of ether oxygens (including phenoxy) is 1. The highest BCUT2D eigenvalue weighted by molar-refractivity contribution is 5.67. The second kappa shape index (κ2) is 5.77. The third-order valence-electron chi connectivity index (χ3n) is 2.02. The fraction of sp³-hybridized carbons (Fsp3) is 0.500. The number of amides is 1. The van der Waals surface area contributed by atoms with E-state index in [0.29, 0.717) is 5.56 Å². The number of alkyl carbamates (subject to hydrolysis) is 1. The first-order chi connectivity index (χ1) is 8.28. The van der Waals surface area contributed by atoms with Crippen LogP contribution >= 0.6 is 0 Å². The van der Waals surface area contributed by atoms with Gasteiger partial charge in [0.25, 0.3) is 0 Å². The second-order valence-electron chi connectivity index (χ2n) is 4.93. The lowest BCUT2D eigenvalue weighted by atomic mass is 10.1. The van der Waals surface area contributed by atoms with Gasteiger partial charge in [0, 0.05) is 18.8 Å². The van der Waals surface area contributed by atoms with Gasteiger partial charge in [-0.25, -0.2) is 9.18 Å². The van der Waals surface area contributed by atoms with E-state index in [1.54, 1.807) is 20.8 Å². The minimum absolute atomic E-state index is 0.153. The van der Waals surface area contributed by atoms with Gasteiger partial charge in [-0.2, -0.15) is 0 Å². The number of hydrogen-bond acceptors (Lipinski definition) is 4. The van der Waals surface area contributed by atoms with Crippen molar-refractivity contribution < 1.29 is 13.9 Å². The summed E-state index contributed by atoms with van der Waals surface area (Å²) in [6.45, 7) is 5.45. The molecule has 0 bridgehead atoms. The summed E-state index contributed by atoms with van der Waals surface area (Å²) >= 11 is 0. The maximum Gasteiger partial charge on any atom is 0.407 e. The van der Waals surface area contributed by atoms with E-state index in [2.05, 4.69) is 10.3 Å². The SMILES string of the molecule is CC(C)(C)OC(=O)NCC(N)c1cncc(F)c1. The molecule has 1 aromatic rings. The van der Waals surface area contributed by atoms with Crippen LogP contribution in [0.4, 0.5) is 9.18 Å². The average Bonchev–Trinajstić information content (AvgIpc) is 2.23. The van der Waals surface area contributed by atoms with Gasteiger partial charge in [-0.3, -0.25) is 4.98 Å². The summed E-state index contributed by atoms with van der Waals surface area (Å²) in [5.74, 6) is -0.458. The van der Waals surface area contributed by atoms with Crippen molar-refractivity contribution in [1.82, 2.24) is 10.3 Å². The first-order valence-electron chi connectivity index (χ1n) is 5.61. The summed E-state index contributed by atoms with van der Waals surface area (Å²) in [5, 5.41) is 2.52. The van der Waals surface area contributed by atoms with E-state index < -0.39 is 23.6 Å². The average molecular weight is 255 g/mol. The highest BCUT2D eigenvalue weighted by Gasteiger charge is 2.17. The number of pyridine rings is 1. The summed E-state index contributed by atoms with van der Waals surface area (Å²) in [6, 6.07) is 0.759. The Hall–Kier alpha value is -1.69. The molecule has 5 nitrogen and oxygen atoms in total. The Morgan fingerprint density at radius 1 is 1.56 bits per heavy atom. The van der Waals surface area contributed by atoms with Gasteiger partial charge in [0.2, 0.25) is 0 Å². The van der Waals surface area contributed by atoms with Crippen molar-refractivity contribution in [3.8, 4) is 0 Å². The summed E-state index contributed by atoms with van der Waals surface area (Å²) in [5.41, 5.74) is 5.76. The van der Waals surface area contributed by atoms with Crippen LogP contribution in [0, 0.1) is 5.82 Å². The van der Waals surface area contributed by atoms with Crippen molar-refractivity contribution >= 4 is 6.09 Å². The van der Waals surface area contributed by atoms with E-state index >= 15 is 0 Å². The number of carbonyl (C=O) groups excluding carboxylic acids is 1. The van der Waals surface area contributed by atoms with E-state index in [1.165, 1.54) is 12.3 Å². The Morgan fingerprint density at radius 3 is 2.78 bits per heavy atom. The molecule has 0 fully saturated rings. The molecule has 0 saturated carbocycles. The summed E-state index contributed by atoms with van der Waals surface area (Å²) in [6.07, 6.45) is 2.00. The Labute approximate surface area is 106 Å². The van der Waals surface area contributed by atoms with Crippen LogP contribution in [0.5, 0.6) is 0 Å². The smallest absolute Gasteiger partial charge is 0.407 e. The predicted molar refractivity (Wildman–Crippen MR) is 65.4 cm³/mol. The Kier molecular flexibility index (Phi) is 4.61. The molecule has 0 spiro atoms. The fourth-order valence-electron chi connectivity index (χ4n) is 1.26. The van der Waals surface area contributed by atoms with Crippen LogP contribution in [-0.4, -0.2) is 23.2 Å². The van der Waals surface area contributed by atoms with Crippen molar-refractivity contribution in [3.63, 3.8) is 0 Å².